The van der Waals surface area contributed by atoms with E-state index in [0.717, 1.165) is 11.3 Å². The van der Waals surface area contributed by atoms with E-state index in [9.17, 15) is 13.2 Å². The summed E-state index contributed by atoms with van der Waals surface area (Å²) in [6.07, 6.45) is 2.07. The van der Waals surface area contributed by atoms with Crippen LogP contribution in [0.3, 0.4) is 0 Å². The molecular formula is C16H21N3O5S2. The lowest BCUT2D eigenvalue weighted by atomic mass is 10.1. The Morgan fingerprint density at radius 2 is 2.08 bits per heavy atom. The fourth-order valence-corrected chi connectivity index (χ4v) is 5.53. The Balaban J connectivity index is 1.63. The second-order valence-electron chi connectivity index (χ2n) is 6.05. The van der Waals surface area contributed by atoms with Gasteiger partial charge in [-0.2, -0.15) is 0 Å². The number of ether oxygens (including phenoxy) is 2. The van der Waals surface area contributed by atoms with Crippen LogP contribution in [0.25, 0.3) is 0 Å². The van der Waals surface area contributed by atoms with Crippen molar-refractivity contribution < 1.29 is 22.7 Å². The molecule has 1 saturated heterocycles. The van der Waals surface area contributed by atoms with Crippen LogP contribution < -0.4 is 20.1 Å². The topological polar surface area (TPSA) is 106 Å². The number of amides is 1. The van der Waals surface area contributed by atoms with Crippen LogP contribution in [0, 0.1) is 0 Å². The van der Waals surface area contributed by atoms with E-state index in [1.54, 1.807) is 20.6 Å². The van der Waals surface area contributed by atoms with Crippen molar-refractivity contribution in [3.8, 4) is 11.5 Å². The number of carbonyl (C=O) groups excluding carboxylic acids is 1. The molecule has 0 spiro atoms. The summed E-state index contributed by atoms with van der Waals surface area (Å²) in [6.45, 7) is 0. The molecule has 2 aliphatic heterocycles. The van der Waals surface area contributed by atoms with Crippen LogP contribution in [-0.2, 0) is 14.6 Å². The van der Waals surface area contributed by atoms with Gasteiger partial charge < -0.3 is 20.1 Å². The van der Waals surface area contributed by atoms with Crippen LogP contribution in [0.1, 0.15) is 17.4 Å². The number of carbonyl (C=O) groups is 1. The first kappa shape index (κ1) is 18.8. The maximum atomic E-state index is 12.1. The van der Waals surface area contributed by atoms with E-state index in [-0.39, 0.29) is 34.6 Å². The molecular weight excluding hydrogens is 378 g/mol. The van der Waals surface area contributed by atoms with E-state index >= 15 is 0 Å². The smallest absolute Gasteiger partial charge is 0.230 e. The molecule has 0 aromatic heterocycles. The second-order valence-corrected chi connectivity index (χ2v) is 9.35. The number of methoxy groups -OCH3 is 2. The molecule has 0 bridgehead atoms. The van der Waals surface area contributed by atoms with E-state index < -0.39 is 9.84 Å². The fourth-order valence-electron chi connectivity index (χ4n) is 2.94. The number of thioether (sulfide) groups is 1. The van der Waals surface area contributed by atoms with E-state index in [0.29, 0.717) is 17.9 Å². The maximum Gasteiger partial charge on any atom is 0.230 e. The maximum absolute atomic E-state index is 12.1. The first-order valence-electron chi connectivity index (χ1n) is 8.07. The summed E-state index contributed by atoms with van der Waals surface area (Å²) in [5, 5.41) is 5.59. The molecule has 1 aromatic rings. The summed E-state index contributed by atoms with van der Waals surface area (Å²) in [5.74, 6) is 1.36. The lowest BCUT2D eigenvalue weighted by Crippen LogP contribution is -2.36. The van der Waals surface area contributed by atoms with Gasteiger partial charge >= 0.3 is 0 Å². The number of hydrogen-bond donors (Lipinski definition) is 2. The minimum atomic E-state index is -3.01. The highest BCUT2D eigenvalue weighted by Gasteiger charge is 2.29. The van der Waals surface area contributed by atoms with Crippen LogP contribution in [0.2, 0.25) is 0 Å². The molecule has 0 radical (unpaired) electrons. The number of aliphatic imine (C=N–C) groups is 1. The number of sulfone groups is 1. The van der Waals surface area contributed by atoms with E-state index in [1.807, 2.05) is 12.1 Å². The van der Waals surface area contributed by atoms with Gasteiger partial charge in [0.1, 0.15) is 5.37 Å². The Kier molecular flexibility index (Phi) is 5.61. The lowest BCUT2D eigenvalue weighted by molar-refractivity contribution is -0.119. The van der Waals surface area contributed by atoms with Crippen LogP contribution in [-0.4, -0.2) is 58.2 Å². The highest BCUT2D eigenvalue weighted by molar-refractivity contribution is 8.00. The highest BCUT2D eigenvalue weighted by atomic mass is 32.2. The Bertz CT molecular complexity index is 825. The minimum absolute atomic E-state index is 0.0226. The summed E-state index contributed by atoms with van der Waals surface area (Å²) in [6, 6.07) is 3.38. The monoisotopic (exact) mass is 399 g/mol. The molecule has 26 heavy (non-hydrogen) atoms. The average Bonchev–Trinajstić information content (AvgIpc) is 2.96. The van der Waals surface area contributed by atoms with Gasteiger partial charge in [0.15, 0.2) is 21.3 Å². The van der Waals surface area contributed by atoms with Gasteiger partial charge in [0.05, 0.1) is 37.8 Å². The Morgan fingerprint density at radius 3 is 2.73 bits per heavy atom. The quantitative estimate of drug-likeness (QED) is 0.740. The van der Waals surface area contributed by atoms with Gasteiger partial charge in [0.25, 0.3) is 0 Å². The molecule has 2 N–H and O–H groups in total. The number of anilines is 1. The predicted molar refractivity (Wildman–Crippen MR) is 102 cm³/mol. The van der Waals surface area contributed by atoms with Gasteiger partial charge in [-0.3, -0.25) is 9.79 Å². The highest BCUT2D eigenvalue weighted by Crippen LogP contribution is 2.42. The third-order valence-corrected chi connectivity index (χ3v) is 7.11. The minimum Gasteiger partial charge on any atom is -0.493 e. The van der Waals surface area contributed by atoms with Crippen molar-refractivity contribution in [3.05, 3.63) is 17.7 Å². The van der Waals surface area contributed by atoms with Crippen LogP contribution in [0.15, 0.2) is 17.1 Å². The second kappa shape index (κ2) is 7.75. The number of nitrogens with one attached hydrogen (secondary N) is 2. The summed E-state index contributed by atoms with van der Waals surface area (Å²) < 4.78 is 33.6. The van der Waals surface area contributed by atoms with Crippen LogP contribution >= 0.6 is 11.8 Å². The van der Waals surface area contributed by atoms with E-state index in [4.69, 9.17) is 9.47 Å². The van der Waals surface area contributed by atoms with Gasteiger partial charge in [-0.1, -0.05) is 0 Å². The Morgan fingerprint density at radius 1 is 1.35 bits per heavy atom. The van der Waals surface area contributed by atoms with E-state index in [2.05, 4.69) is 15.6 Å². The molecule has 0 unspecified atom stereocenters. The number of rotatable bonds is 6. The molecule has 3 rings (SSSR count). The molecule has 1 amide bonds. The average molecular weight is 399 g/mol. The van der Waals surface area contributed by atoms with Crippen molar-refractivity contribution in [1.82, 2.24) is 5.32 Å². The zero-order chi connectivity index (χ0) is 18.7. The van der Waals surface area contributed by atoms with Crippen LogP contribution in [0.4, 0.5) is 5.69 Å². The van der Waals surface area contributed by atoms with Crippen LogP contribution in [0.5, 0.6) is 11.5 Å². The zero-order valence-corrected chi connectivity index (χ0v) is 16.2. The molecule has 10 heteroatoms. The van der Waals surface area contributed by atoms with Crippen molar-refractivity contribution in [1.29, 1.82) is 0 Å². The van der Waals surface area contributed by atoms with Crippen molar-refractivity contribution in [2.45, 2.75) is 17.8 Å². The first-order chi connectivity index (χ1) is 12.4. The third-order valence-electron chi connectivity index (χ3n) is 4.22. The molecule has 142 valence electrons. The number of benzene rings is 1. The molecule has 8 nitrogen and oxygen atoms in total. The predicted octanol–water partition coefficient (Wildman–Crippen LogP) is 1.19. The van der Waals surface area contributed by atoms with Crippen molar-refractivity contribution in [3.63, 3.8) is 0 Å². The summed E-state index contributed by atoms with van der Waals surface area (Å²) in [4.78, 5) is 16.5. The summed E-state index contributed by atoms with van der Waals surface area (Å²) in [5.41, 5.74) is 1.74. The number of fused-ring (bicyclic) bond motifs is 1. The normalized spacial score (nSPS) is 23.0. The van der Waals surface area contributed by atoms with Crippen molar-refractivity contribution in [2.24, 2.45) is 4.99 Å². The molecule has 2 aliphatic rings. The van der Waals surface area contributed by atoms with Gasteiger partial charge in [-0.25, -0.2) is 8.42 Å². The molecule has 2 atom stereocenters. The van der Waals surface area contributed by atoms with E-state index in [1.165, 1.54) is 11.8 Å². The SMILES string of the molecule is COc1cc2c(cc1OC)[C@H](SCC(=O)N[C@H]1CCS(=O)(=O)C1)N=CN2. The molecule has 0 saturated carbocycles. The Hall–Kier alpha value is -1.94. The summed E-state index contributed by atoms with van der Waals surface area (Å²) in [7, 11) is 0.125. The summed E-state index contributed by atoms with van der Waals surface area (Å²) >= 11 is 1.37. The van der Waals surface area contributed by atoms with Gasteiger partial charge in [-0.15, -0.1) is 11.8 Å². The third kappa shape index (κ3) is 4.24. The van der Waals surface area contributed by atoms with Gasteiger partial charge in [0, 0.05) is 23.4 Å². The van der Waals surface area contributed by atoms with Gasteiger partial charge in [-0.05, 0) is 12.5 Å². The largest absolute Gasteiger partial charge is 0.493 e. The molecule has 1 fully saturated rings. The molecule has 0 aliphatic carbocycles. The molecule has 1 aromatic carbocycles. The lowest BCUT2D eigenvalue weighted by Gasteiger charge is -2.22. The molecule has 2 heterocycles. The van der Waals surface area contributed by atoms with Crippen molar-refractivity contribution >= 4 is 39.5 Å². The standard InChI is InChI=1S/C16H21N3O5S2/c1-23-13-5-11-12(6-14(13)24-2)17-9-18-16(11)25-7-15(20)19-10-3-4-26(21,22)8-10/h5-6,9-10,16H,3-4,7-8H2,1-2H3,(H,17,18)(H,19,20)/t10-,16-/m0/s1. The number of hydrogen-bond acceptors (Lipinski definition) is 8. The first-order valence-corrected chi connectivity index (χ1v) is 10.9. The van der Waals surface area contributed by atoms with Gasteiger partial charge in [0.2, 0.25) is 5.91 Å². The number of nitrogens with zero attached hydrogens (tertiary/aromatic N) is 1. The van der Waals surface area contributed by atoms with Crippen molar-refractivity contribution in [2.75, 3.05) is 36.8 Å². The zero-order valence-electron chi connectivity index (χ0n) is 14.5. The fraction of sp³-hybridized carbons (Fsp3) is 0.500. The Labute approximate surface area is 156 Å².